The molecule has 0 radical (unpaired) electrons. The van der Waals surface area contributed by atoms with Gasteiger partial charge in [0.15, 0.2) is 0 Å². The molecule has 7 heteroatoms. The number of aryl methyl sites for hydroxylation is 2. The molecule has 0 aliphatic carbocycles. The van der Waals surface area contributed by atoms with Crippen LogP contribution in [-0.4, -0.2) is 33.9 Å². The summed E-state index contributed by atoms with van der Waals surface area (Å²) < 4.78 is 26.8. The van der Waals surface area contributed by atoms with Gasteiger partial charge in [-0.3, -0.25) is 4.79 Å². The number of hydrogen-bond acceptors (Lipinski definition) is 3. The van der Waals surface area contributed by atoms with Gasteiger partial charge in [-0.05, 0) is 49.2 Å². The standard InChI is InChI=1S/C23H20F2N4O/c1-13-3-6-17(9-19(13)20-21(22(24)25)28-14(2)27-20)23(30)29-11-18(12-29)16-7-4-15(10-26)5-8-16/h3-9,18,22H,11-12H2,1-2H3,(H,27,28). The van der Waals surface area contributed by atoms with Crippen molar-refractivity contribution in [3.8, 4) is 17.3 Å². The second-order valence-electron chi connectivity index (χ2n) is 7.55. The summed E-state index contributed by atoms with van der Waals surface area (Å²) in [4.78, 5) is 21.5. The summed E-state index contributed by atoms with van der Waals surface area (Å²) in [6.07, 6.45) is -2.70. The molecule has 0 bridgehead atoms. The first-order valence-electron chi connectivity index (χ1n) is 9.62. The van der Waals surface area contributed by atoms with E-state index < -0.39 is 6.43 Å². The Bertz CT molecular complexity index is 1140. The summed E-state index contributed by atoms with van der Waals surface area (Å²) in [6, 6.07) is 14.6. The third-order valence-electron chi connectivity index (χ3n) is 5.49. The number of benzene rings is 2. The fourth-order valence-electron chi connectivity index (χ4n) is 3.76. The Morgan fingerprint density at radius 2 is 1.90 bits per heavy atom. The highest BCUT2D eigenvalue weighted by atomic mass is 19.3. The third kappa shape index (κ3) is 3.57. The van der Waals surface area contributed by atoms with Crippen molar-refractivity contribution >= 4 is 5.91 Å². The molecule has 5 nitrogen and oxygen atoms in total. The summed E-state index contributed by atoms with van der Waals surface area (Å²) in [5.41, 5.74) is 3.46. The number of aromatic nitrogens is 2. The SMILES string of the molecule is Cc1nc(C(F)F)c(-c2cc(C(=O)N3CC(c4ccc(C#N)cc4)C3)ccc2C)[nH]1. The average molecular weight is 406 g/mol. The van der Waals surface area contributed by atoms with Gasteiger partial charge in [0.1, 0.15) is 11.5 Å². The number of rotatable bonds is 4. The van der Waals surface area contributed by atoms with Gasteiger partial charge >= 0.3 is 0 Å². The molecule has 0 saturated carbocycles. The van der Waals surface area contributed by atoms with Crippen molar-refractivity contribution in [1.29, 1.82) is 5.26 Å². The van der Waals surface area contributed by atoms with E-state index in [1.165, 1.54) is 0 Å². The first-order chi connectivity index (χ1) is 14.4. The van der Waals surface area contributed by atoms with Crippen LogP contribution in [0.1, 0.15) is 50.9 Å². The number of alkyl halides is 2. The van der Waals surface area contributed by atoms with Crippen LogP contribution in [0.25, 0.3) is 11.3 Å². The monoisotopic (exact) mass is 406 g/mol. The summed E-state index contributed by atoms with van der Waals surface area (Å²) in [7, 11) is 0. The Morgan fingerprint density at radius 3 is 2.53 bits per heavy atom. The minimum absolute atomic E-state index is 0.129. The minimum Gasteiger partial charge on any atom is -0.342 e. The van der Waals surface area contributed by atoms with Crippen LogP contribution in [0.5, 0.6) is 0 Å². The lowest BCUT2D eigenvalue weighted by molar-refractivity contribution is 0.0602. The Labute approximate surface area is 173 Å². The zero-order chi connectivity index (χ0) is 21.4. The van der Waals surface area contributed by atoms with E-state index >= 15 is 0 Å². The number of likely N-dealkylation sites (tertiary alicyclic amines) is 1. The molecule has 1 saturated heterocycles. The highest BCUT2D eigenvalue weighted by Crippen LogP contribution is 2.33. The number of aromatic amines is 1. The van der Waals surface area contributed by atoms with Crippen molar-refractivity contribution in [3.05, 3.63) is 76.2 Å². The molecule has 1 amide bonds. The van der Waals surface area contributed by atoms with E-state index in [1.54, 1.807) is 42.2 Å². The molecule has 2 heterocycles. The smallest absolute Gasteiger partial charge is 0.282 e. The molecule has 3 aromatic rings. The molecule has 1 fully saturated rings. The lowest BCUT2D eigenvalue weighted by atomic mass is 9.90. The summed E-state index contributed by atoms with van der Waals surface area (Å²) in [5, 5.41) is 8.90. The number of nitrogens with zero attached hydrogens (tertiary/aromatic N) is 3. The summed E-state index contributed by atoms with van der Waals surface area (Å²) >= 11 is 0. The quantitative estimate of drug-likeness (QED) is 0.680. The Morgan fingerprint density at radius 1 is 1.20 bits per heavy atom. The molecular weight excluding hydrogens is 386 g/mol. The van der Waals surface area contributed by atoms with Crippen molar-refractivity contribution in [2.24, 2.45) is 0 Å². The molecule has 0 atom stereocenters. The fourth-order valence-corrected chi connectivity index (χ4v) is 3.76. The molecule has 152 valence electrons. The number of nitrogens with one attached hydrogen (secondary N) is 1. The highest BCUT2D eigenvalue weighted by Gasteiger charge is 2.32. The van der Waals surface area contributed by atoms with Crippen molar-refractivity contribution in [2.75, 3.05) is 13.1 Å². The number of H-pyrrole nitrogens is 1. The van der Waals surface area contributed by atoms with Gasteiger partial charge in [0.2, 0.25) is 0 Å². The van der Waals surface area contributed by atoms with E-state index in [0.717, 1.165) is 11.1 Å². The summed E-state index contributed by atoms with van der Waals surface area (Å²) in [6.45, 7) is 4.61. The van der Waals surface area contributed by atoms with E-state index in [0.29, 0.717) is 35.6 Å². The number of halogens is 2. The predicted octanol–water partition coefficient (Wildman–Crippen LogP) is 4.74. The molecule has 0 unspecified atom stereocenters. The maximum Gasteiger partial charge on any atom is 0.282 e. The molecule has 0 spiro atoms. The summed E-state index contributed by atoms with van der Waals surface area (Å²) in [5.74, 6) is 0.507. The van der Waals surface area contributed by atoms with Gasteiger partial charge in [-0.25, -0.2) is 13.8 Å². The van der Waals surface area contributed by atoms with Gasteiger partial charge in [-0.1, -0.05) is 18.2 Å². The third-order valence-corrected chi connectivity index (χ3v) is 5.49. The average Bonchev–Trinajstić information content (AvgIpc) is 3.09. The van der Waals surface area contributed by atoms with E-state index in [4.69, 9.17) is 5.26 Å². The number of amides is 1. The Kier molecular flexibility index (Phi) is 5.08. The van der Waals surface area contributed by atoms with E-state index in [1.807, 2.05) is 19.1 Å². The molecule has 1 aliphatic rings. The molecule has 30 heavy (non-hydrogen) atoms. The van der Waals surface area contributed by atoms with Gasteiger partial charge in [0, 0.05) is 30.1 Å². The van der Waals surface area contributed by atoms with Gasteiger partial charge < -0.3 is 9.88 Å². The lowest BCUT2D eigenvalue weighted by Crippen LogP contribution is -2.48. The zero-order valence-electron chi connectivity index (χ0n) is 16.6. The first kappa shape index (κ1) is 19.8. The fraction of sp³-hybridized carbons (Fsp3) is 0.261. The molecule has 1 aromatic heterocycles. The number of carbonyl (C=O) groups excluding carboxylic acids is 1. The van der Waals surface area contributed by atoms with E-state index in [9.17, 15) is 13.6 Å². The number of hydrogen-bond donors (Lipinski definition) is 1. The second kappa shape index (κ2) is 7.71. The molecule has 2 aromatic carbocycles. The van der Waals surface area contributed by atoms with Crippen LogP contribution >= 0.6 is 0 Å². The topological polar surface area (TPSA) is 72.8 Å². The van der Waals surface area contributed by atoms with E-state index in [2.05, 4.69) is 16.0 Å². The maximum absolute atomic E-state index is 13.4. The van der Waals surface area contributed by atoms with Crippen LogP contribution in [0.2, 0.25) is 0 Å². The van der Waals surface area contributed by atoms with Gasteiger partial charge in [0.25, 0.3) is 12.3 Å². The normalized spacial score (nSPS) is 13.9. The molecule has 4 rings (SSSR count). The van der Waals surface area contributed by atoms with Gasteiger partial charge in [-0.15, -0.1) is 0 Å². The van der Waals surface area contributed by atoms with Crippen LogP contribution in [0.4, 0.5) is 8.78 Å². The van der Waals surface area contributed by atoms with Crippen LogP contribution < -0.4 is 0 Å². The number of carbonyl (C=O) groups is 1. The number of nitriles is 1. The van der Waals surface area contributed by atoms with Crippen molar-refractivity contribution in [2.45, 2.75) is 26.2 Å². The van der Waals surface area contributed by atoms with Crippen LogP contribution in [0, 0.1) is 25.2 Å². The van der Waals surface area contributed by atoms with Gasteiger partial charge in [0.05, 0.1) is 17.3 Å². The maximum atomic E-state index is 13.4. The Balaban J connectivity index is 1.54. The second-order valence-corrected chi connectivity index (χ2v) is 7.55. The van der Waals surface area contributed by atoms with Crippen molar-refractivity contribution in [1.82, 2.24) is 14.9 Å². The molecule has 1 aliphatic heterocycles. The molecular formula is C23H20F2N4O. The van der Waals surface area contributed by atoms with Crippen LogP contribution in [-0.2, 0) is 0 Å². The highest BCUT2D eigenvalue weighted by molar-refractivity contribution is 5.96. The van der Waals surface area contributed by atoms with Crippen LogP contribution in [0.3, 0.4) is 0 Å². The van der Waals surface area contributed by atoms with Crippen LogP contribution in [0.15, 0.2) is 42.5 Å². The van der Waals surface area contributed by atoms with E-state index in [-0.39, 0.29) is 23.2 Å². The zero-order valence-corrected chi connectivity index (χ0v) is 16.6. The largest absolute Gasteiger partial charge is 0.342 e. The van der Waals surface area contributed by atoms with Crippen molar-refractivity contribution in [3.63, 3.8) is 0 Å². The first-order valence-corrected chi connectivity index (χ1v) is 9.62. The lowest BCUT2D eigenvalue weighted by Gasteiger charge is -2.39. The Hall–Kier alpha value is -3.53. The molecule has 1 N–H and O–H groups in total. The minimum atomic E-state index is -2.70. The van der Waals surface area contributed by atoms with Gasteiger partial charge in [-0.2, -0.15) is 5.26 Å². The number of imidazole rings is 1. The predicted molar refractivity (Wildman–Crippen MR) is 108 cm³/mol. The van der Waals surface area contributed by atoms with Crippen molar-refractivity contribution < 1.29 is 13.6 Å².